The van der Waals surface area contributed by atoms with Gasteiger partial charge < -0.3 is 25.6 Å². The van der Waals surface area contributed by atoms with Crippen molar-refractivity contribution in [2.75, 3.05) is 32.1 Å². The third-order valence-electron chi connectivity index (χ3n) is 5.86. The minimum absolute atomic E-state index is 0.00580. The molecular formula is C22H27N5O8S. The number of aliphatic carboxylic acids is 1. The molecule has 3 rings (SSSR count). The average molecular weight is 522 g/mol. The second kappa shape index (κ2) is 11.3. The Hall–Kier alpha value is -3.75. The van der Waals surface area contributed by atoms with Crippen LogP contribution >= 0.6 is 0 Å². The Kier molecular flexibility index (Phi) is 8.45. The number of methoxy groups -OCH3 is 1. The van der Waals surface area contributed by atoms with Crippen molar-refractivity contribution < 1.29 is 37.8 Å². The number of amides is 2. The summed E-state index contributed by atoms with van der Waals surface area (Å²) in [7, 11) is -2.89. The van der Waals surface area contributed by atoms with E-state index in [0.717, 1.165) is 4.90 Å². The Morgan fingerprint density at radius 3 is 2.44 bits per heavy atom. The third-order valence-corrected chi connectivity index (χ3v) is 7.35. The summed E-state index contributed by atoms with van der Waals surface area (Å²) in [6, 6.07) is 10.6. The summed E-state index contributed by atoms with van der Waals surface area (Å²) in [5, 5.41) is 24.7. The van der Waals surface area contributed by atoms with Gasteiger partial charge in [-0.25, -0.2) is 18.2 Å². The fourth-order valence-corrected chi connectivity index (χ4v) is 5.25. The van der Waals surface area contributed by atoms with E-state index in [1.165, 1.54) is 37.6 Å². The number of ether oxygens (including phenoxy) is 1. The molecule has 13 nitrogen and oxygen atoms in total. The number of nitrogens with zero attached hydrogens (tertiary/aromatic N) is 2. The first-order valence-electron chi connectivity index (χ1n) is 10.9. The Balaban J connectivity index is 1.75. The van der Waals surface area contributed by atoms with Gasteiger partial charge in [-0.15, -0.1) is 0 Å². The van der Waals surface area contributed by atoms with Crippen molar-refractivity contribution in [2.45, 2.75) is 23.1 Å². The standard InChI is InChI=1S/C22H27N5O8S/c1-35-22(14-25-18-9-5-6-11-23-18)16(10-12-27(22)21(31)32)19(28)24-13-17(20(29)30)26-36(33,34)15-7-3-2-4-8-15/h2-9,11,16-17,26H,10,12-14H2,1H3,(H,23,25)(H,24,28)(H,29,30)(H,31,32). The van der Waals surface area contributed by atoms with E-state index in [2.05, 4.69) is 20.3 Å². The first-order chi connectivity index (χ1) is 17.1. The second-order valence-corrected chi connectivity index (χ2v) is 9.68. The minimum Gasteiger partial charge on any atom is -0.480 e. The van der Waals surface area contributed by atoms with Gasteiger partial charge in [-0.1, -0.05) is 24.3 Å². The molecule has 1 aromatic carbocycles. The molecule has 0 bridgehead atoms. The molecule has 36 heavy (non-hydrogen) atoms. The van der Waals surface area contributed by atoms with Crippen LogP contribution in [0.3, 0.4) is 0 Å². The molecule has 0 saturated carbocycles. The number of benzene rings is 1. The number of pyridine rings is 1. The Morgan fingerprint density at radius 1 is 1.17 bits per heavy atom. The Labute approximate surface area is 207 Å². The summed E-state index contributed by atoms with van der Waals surface area (Å²) in [5.41, 5.74) is -1.62. The van der Waals surface area contributed by atoms with Crippen LogP contribution in [0.4, 0.5) is 10.6 Å². The molecule has 3 unspecified atom stereocenters. The Morgan fingerprint density at radius 2 is 1.86 bits per heavy atom. The van der Waals surface area contributed by atoms with Crippen LogP contribution in [0.15, 0.2) is 59.6 Å². The van der Waals surface area contributed by atoms with E-state index in [0.29, 0.717) is 5.82 Å². The molecule has 0 spiro atoms. The zero-order chi connectivity index (χ0) is 26.3. The normalized spacial score (nSPS) is 20.5. The van der Waals surface area contributed by atoms with Crippen LogP contribution in [-0.2, 0) is 24.3 Å². The topological polar surface area (TPSA) is 187 Å². The van der Waals surface area contributed by atoms with E-state index >= 15 is 0 Å². The third kappa shape index (κ3) is 5.90. The molecule has 3 atom stereocenters. The van der Waals surface area contributed by atoms with Gasteiger partial charge >= 0.3 is 12.1 Å². The summed E-state index contributed by atoms with van der Waals surface area (Å²) in [4.78, 5) is 41.8. The van der Waals surface area contributed by atoms with Crippen LogP contribution in [-0.4, -0.2) is 85.0 Å². The highest BCUT2D eigenvalue weighted by atomic mass is 32.2. The molecular weight excluding hydrogens is 494 g/mol. The van der Waals surface area contributed by atoms with Crippen molar-refractivity contribution in [1.82, 2.24) is 19.9 Å². The summed E-state index contributed by atoms with van der Waals surface area (Å²) in [6.07, 6.45) is 0.343. The lowest BCUT2D eigenvalue weighted by atomic mass is 9.94. The molecule has 5 N–H and O–H groups in total. The first kappa shape index (κ1) is 26.8. The van der Waals surface area contributed by atoms with Gasteiger partial charge in [-0.3, -0.25) is 14.5 Å². The first-order valence-corrected chi connectivity index (χ1v) is 12.4. The van der Waals surface area contributed by atoms with Crippen LogP contribution in [0.2, 0.25) is 0 Å². The van der Waals surface area contributed by atoms with Crippen molar-refractivity contribution in [2.24, 2.45) is 5.92 Å². The fraction of sp³-hybridized carbons (Fsp3) is 0.364. The lowest BCUT2D eigenvalue weighted by molar-refractivity contribution is -0.148. The van der Waals surface area contributed by atoms with Crippen molar-refractivity contribution >= 4 is 33.8 Å². The molecule has 1 saturated heterocycles. The number of aromatic nitrogens is 1. The molecule has 0 radical (unpaired) electrons. The van der Waals surface area contributed by atoms with Crippen LogP contribution in [0.5, 0.6) is 0 Å². The monoisotopic (exact) mass is 521 g/mol. The van der Waals surface area contributed by atoms with Gasteiger partial charge in [0.25, 0.3) is 0 Å². The number of hydrogen-bond acceptors (Lipinski definition) is 8. The van der Waals surface area contributed by atoms with Gasteiger partial charge in [0.2, 0.25) is 15.9 Å². The Bertz CT molecular complexity index is 1180. The van der Waals surface area contributed by atoms with Crippen LogP contribution in [0.1, 0.15) is 6.42 Å². The van der Waals surface area contributed by atoms with Gasteiger partial charge in [-0.05, 0) is 30.7 Å². The number of carbonyl (C=O) groups is 3. The highest BCUT2D eigenvalue weighted by Gasteiger charge is 2.55. The van der Waals surface area contributed by atoms with Crippen molar-refractivity contribution in [1.29, 1.82) is 0 Å². The van der Waals surface area contributed by atoms with Crippen molar-refractivity contribution in [3.63, 3.8) is 0 Å². The number of anilines is 1. The molecule has 1 aliphatic rings. The smallest absolute Gasteiger partial charge is 0.409 e. The van der Waals surface area contributed by atoms with E-state index in [4.69, 9.17) is 4.74 Å². The summed E-state index contributed by atoms with van der Waals surface area (Å²) < 4.78 is 32.7. The molecule has 2 amide bonds. The van der Waals surface area contributed by atoms with Crippen molar-refractivity contribution in [3.05, 3.63) is 54.7 Å². The number of carbonyl (C=O) groups excluding carboxylic acids is 1. The maximum atomic E-state index is 13.1. The van der Waals surface area contributed by atoms with E-state index in [-0.39, 0.29) is 24.4 Å². The van der Waals surface area contributed by atoms with E-state index in [1.54, 1.807) is 24.3 Å². The molecule has 2 aromatic rings. The average Bonchev–Trinajstić information content (AvgIpc) is 3.26. The van der Waals surface area contributed by atoms with E-state index in [9.17, 15) is 33.0 Å². The lowest BCUT2D eigenvalue weighted by Crippen LogP contribution is -2.60. The predicted molar refractivity (Wildman–Crippen MR) is 127 cm³/mol. The van der Waals surface area contributed by atoms with Gasteiger partial charge in [0.1, 0.15) is 11.9 Å². The maximum Gasteiger partial charge on any atom is 0.409 e. The van der Waals surface area contributed by atoms with Crippen LogP contribution in [0, 0.1) is 5.92 Å². The summed E-state index contributed by atoms with van der Waals surface area (Å²) in [5.74, 6) is -2.77. The zero-order valence-electron chi connectivity index (χ0n) is 19.3. The molecule has 0 aliphatic carbocycles. The van der Waals surface area contributed by atoms with Crippen LogP contribution in [0.25, 0.3) is 0 Å². The van der Waals surface area contributed by atoms with E-state index < -0.39 is 52.2 Å². The van der Waals surface area contributed by atoms with Gasteiger partial charge in [0.15, 0.2) is 5.72 Å². The SMILES string of the molecule is COC1(CNc2ccccn2)C(C(=O)NCC(NS(=O)(=O)c2ccccc2)C(=O)O)CCN1C(=O)O. The van der Waals surface area contributed by atoms with Gasteiger partial charge in [-0.2, -0.15) is 4.72 Å². The minimum atomic E-state index is -4.17. The van der Waals surface area contributed by atoms with Gasteiger partial charge in [0.05, 0.1) is 17.4 Å². The molecule has 1 fully saturated rings. The molecule has 1 aromatic heterocycles. The number of hydrogen-bond donors (Lipinski definition) is 5. The highest BCUT2D eigenvalue weighted by molar-refractivity contribution is 7.89. The molecule has 2 heterocycles. The maximum absolute atomic E-state index is 13.1. The summed E-state index contributed by atoms with van der Waals surface area (Å²) >= 11 is 0. The van der Waals surface area contributed by atoms with E-state index in [1.807, 2.05) is 0 Å². The number of nitrogens with one attached hydrogen (secondary N) is 3. The second-order valence-electron chi connectivity index (χ2n) is 7.96. The zero-order valence-corrected chi connectivity index (χ0v) is 20.1. The number of carboxylic acids is 1. The van der Waals surface area contributed by atoms with Crippen LogP contribution < -0.4 is 15.4 Å². The summed E-state index contributed by atoms with van der Waals surface area (Å²) in [6.45, 7) is -0.695. The molecule has 194 valence electrons. The molecule has 14 heteroatoms. The highest BCUT2D eigenvalue weighted by Crippen LogP contribution is 2.36. The number of carboxylic acid groups (broad SMARTS) is 2. The lowest BCUT2D eigenvalue weighted by Gasteiger charge is -2.39. The number of sulfonamides is 1. The van der Waals surface area contributed by atoms with Crippen molar-refractivity contribution in [3.8, 4) is 0 Å². The fourth-order valence-electron chi connectivity index (χ4n) is 4.04. The largest absolute Gasteiger partial charge is 0.480 e. The number of likely N-dealkylation sites (tertiary alicyclic amines) is 1. The molecule has 1 aliphatic heterocycles. The number of rotatable bonds is 11. The predicted octanol–water partition coefficient (Wildman–Crippen LogP) is 0.384. The van der Waals surface area contributed by atoms with Gasteiger partial charge in [0, 0.05) is 26.4 Å². The quantitative estimate of drug-likeness (QED) is 0.277.